The molecule has 3 rings (SSSR count). The summed E-state index contributed by atoms with van der Waals surface area (Å²) in [7, 11) is 0. The fourth-order valence-electron chi connectivity index (χ4n) is 2.43. The Balaban J connectivity index is 1.98. The fraction of sp³-hybridized carbons (Fsp3) is 0.333. The molecular formula is C12H11NO4. The first-order valence-corrected chi connectivity index (χ1v) is 5.39. The second-order valence-corrected chi connectivity index (χ2v) is 4.33. The van der Waals surface area contributed by atoms with Gasteiger partial charge in [-0.05, 0) is 5.56 Å². The van der Waals surface area contributed by atoms with E-state index < -0.39 is 23.7 Å². The molecule has 1 amide bonds. The summed E-state index contributed by atoms with van der Waals surface area (Å²) in [6.45, 7) is 0. The molecule has 88 valence electrons. The Labute approximate surface area is 97.4 Å². The Morgan fingerprint density at radius 1 is 1.35 bits per heavy atom. The number of esters is 1. The number of aliphatic hydroxyl groups is 1. The van der Waals surface area contributed by atoms with Gasteiger partial charge < -0.3 is 15.2 Å². The van der Waals surface area contributed by atoms with Gasteiger partial charge in [0.1, 0.15) is 12.2 Å². The zero-order valence-electron chi connectivity index (χ0n) is 8.92. The lowest BCUT2D eigenvalue weighted by Gasteiger charge is -2.44. The molecule has 2 heterocycles. The molecule has 2 aliphatic heterocycles. The molecule has 3 atom stereocenters. The van der Waals surface area contributed by atoms with Gasteiger partial charge in [-0.25, -0.2) is 4.79 Å². The zero-order valence-corrected chi connectivity index (χ0v) is 8.92. The van der Waals surface area contributed by atoms with E-state index >= 15 is 0 Å². The first-order chi connectivity index (χ1) is 8.14. The molecule has 0 bridgehead atoms. The third-order valence-corrected chi connectivity index (χ3v) is 3.36. The van der Waals surface area contributed by atoms with Gasteiger partial charge in [0.25, 0.3) is 0 Å². The van der Waals surface area contributed by atoms with Crippen LogP contribution in [0, 0.1) is 0 Å². The van der Waals surface area contributed by atoms with Crippen LogP contribution < -0.4 is 5.32 Å². The summed E-state index contributed by atoms with van der Waals surface area (Å²) >= 11 is 0. The maximum Gasteiger partial charge on any atom is 0.339 e. The number of carbonyl (C=O) groups excluding carboxylic acids is 2. The molecular weight excluding hydrogens is 222 g/mol. The van der Waals surface area contributed by atoms with Gasteiger partial charge in [-0.2, -0.15) is 0 Å². The van der Waals surface area contributed by atoms with Crippen LogP contribution in [0.15, 0.2) is 30.3 Å². The molecule has 1 aromatic rings. The number of fused-ring (bicyclic) bond motifs is 1. The van der Waals surface area contributed by atoms with Gasteiger partial charge >= 0.3 is 5.97 Å². The summed E-state index contributed by atoms with van der Waals surface area (Å²) < 4.78 is 4.90. The number of carbonyl (C=O) groups is 2. The Morgan fingerprint density at radius 3 is 2.65 bits per heavy atom. The molecule has 17 heavy (non-hydrogen) atoms. The number of benzene rings is 1. The number of hydrogen-bond donors (Lipinski definition) is 2. The van der Waals surface area contributed by atoms with Gasteiger partial charge in [-0.1, -0.05) is 30.3 Å². The predicted molar refractivity (Wildman–Crippen MR) is 56.8 cm³/mol. The number of rotatable bonds is 2. The van der Waals surface area contributed by atoms with Crippen molar-refractivity contribution in [2.24, 2.45) is 0 Å². The Bertz CT molecular complexity index is 487. The van der Waals surface area contributed by atoms with Crippen LogP contribution in [0.3, 0.4) is 0 Å². The fourth-order valence-corrected chi connectivity index (χ4v) is 2.43. The lowest BCUT2D eigenvalue weighted by Crippen LogP contribution is -2.69. The summed E-state index contributed by atoms with van der Waals surface area (Å²) in [5, 5.41) is 12.8. The van der Waals surface area contributed by atoms with Crippen molar-refractivity contribution in [2.45, 2.75) is 24.2 Å². The third-order valence-electron chi connectivity index (χ3n) is 3.36. The highest BCUT2D eigenvalue weighted by molar-refractivity contribution is 5.98. The Hall–Kier alpha value is -1.88. The van der Waals surface area contributed by atoms with Crippen molar-refractivity contribution in [3.8, 4) is 0 Å². The third kappa shape index (κ3) is 1.23. The summed E-state index contributed by atoms with van der Waals surface area (Å²) in [4.78, 5) is 22.9. The summed E-state index contributed by atoms with van der Waals surface area (Å²) in [6, 6.07) is 8.78. The van der Waals surface area contributed by atoms with Crippen LogP contribution in [-0.2, 0) is 14.3 Å². The second-order valence-electron chi connectivity index (χ2n) is 4.33. The van der Waals surface area contributed by atoms with Crippen molar-refractivity contribution in [3.63, 3.8) is 0 Å². The molecule has 0 aliphatic carbocycles. The first-order valence-electron chi connectivity index (χ1n) is 5.39. The van der Waals surface area contributed by atoms with Gasteiger partial charge in [-0.15, -0.1) is 0 Å². The van der Waals surface area contributed by atoms with E-state index in [9.17, 15) is 14.7 Å². The van der Waals surface area contributed by atoms with E-state index in [1.54, 1.807) is 24.3 Å². The average molecular weight is 233 g/mol. The van der Waals surface area contributed by atoms with Gasteiger partial charge in [0.15, 0.2) is 0 Å². The summed E-state index contributed by atoms with van der Waals surface area (Å²) in [5.41, 5.74) is -0.685. The van der Waals surface area contributed by atoms with Crippen LogP contribution in [0.5, 0.6) is 0 Å². The quantitative estimate of drug-likeness (QED) is 0.700. The van der Waals surface area contributed by atoms with Crippen molar-refractivity contribution < 1.29 is 19.4 Å². The van der Waals surface area contributed by atoms with E-state index in [2.05, 4.69) is 5.32 Å². The number of aliphatic hydroxyl groups excluding tert-OH is 1. The molecule has 5 heteroatoms. The average Bonchev–Trinajstić information content (AvgIpc) is 2.62. The first kappa shape index (κ1) is 10.3. The number of ether oxygens (including phenoxy) is 1. The normalized spacial score (nSPS) is 32.2. The van der Waals surface area contributed by atoms with E-state index in [0.29, 0.717) is 5.56 Å². The van der Waals surface area contributed by atoms with Crippen molar-refractivity contribution in [3.05, 3.63) is 35.9 Å². The van der Waals surface area contributed by atoms with E-state index in [0.717, 1.165) is 0 Å². The van der Waals surface area contributed by atoms with Gasteiger partial charge in [0, 0.05) is 0 Å². The number of amides is 1. The van der Waals surface area contributed by atoms with Gasteiger partial charge in [0.2, 0.25) is 11.4 Å². The minimum absolute atomic E-state index is 0.121. The lowest BCUT2D eigenvalue weighted by atomic mass is 9.80. The van der Waals surface area contributed by atoms with Crippen molar-refractivity contribution in [1.82, 2.24) is 5.32 Å². The van der Waals surface area contributed by atoms with Crippen LogP contribution in [0.2, 0.25) is 0 Å². The highest BCUT2D eigenvalue weighted by Gasteiger charge is 2.68. The topological polar surface area (TPSA) is 75.6 Å². The van der Waals surface area contributed by atoms with Gasteiger partial charge in [-0.3, -0.25) is 4.79 Å². The monoisotopic (exact) mass is 233 g/mol. The summed E-state index contributed by atoms with van der Waals surface area (Å²) in [6.07, 6.45) is -1.51. The molecule has 1 aromatic carbocycles. The van der Waals surface area contributed by atoms with Crippen LogP contribution in [0.25, 0.3) is 0 Å². The lowest BCUT2D eigenvalue weighted by molar-refractivity contribution is -0.200. The molecule has 2 saturated heterocycles. The Kier molecular flexibility index (Phi) is 2.00. The van der Waals surface area contributed by atoms with Crippen molar-refractivity contribution in [2.75, 3.05) is 0 Å². The van der Waals surface area contributed by atoms with Crippen LogP contribution >= 0.6 is 0 Å². The van der Waals surface area contributed by atoms with Crippen LogP contribution in [0.1, 0.15) is 18.1 Å². The van der Waals surface area contributed by atoms with Crippen LogP contribution in [0.4, 0.5) is 0 Å². The SMILES string of the molecule is O=C1CC2OC(=O)C2(C(O)c2ccccc2)N1. The van der Waals surface area contributed by atoms with Crippen molar-refractivity contribution in [1.29, 1.82) is 0 Å². The maximum absolute atomic E-state index is 11.6. The van der Waals surface area contributed by atoms with Crippen LogP contribution in [-0.4, -0.2) is 28.6 Å². The summed E-state index contributed by atoms with van der Waals surface area (Å²) in [5.74, 6) is -0.833. The van der Waals surface area contributed by atoms with E-state index in [1.165, 1.54) is 0 Å². The largest absolute Gasteiger partial charge is 0.457 e. The van der Waals surface area contributed by atoms with E-state index in [-0.39, 0.29) is 12.3 Å². The molecule has 3 unspecified atom stereocenters. The highest BCUT2D eigenvalue weighted by Crippen LogP contribution is 2.43. The standard InChI is InChI=1S/C12H11NO4/c14-9-6-8-12(13-9,11(16)17-8)10(15)7-4-2-1-3-5-7/h1-5,8,10,15H,6H2,(H,13,14). The highest BCUT2D eigenvalue weighted by atomic mass is 16.6. The molecule has 2 N–H and O–H groups in total. The molecule has 0 radical (unpaired) electrons. The molecule has 2 aliphatic rings. The molecule has 0 spiro atoms. The minimum Gasteiger partial charge on any atom is -0.457 e. The predicted octanol–water partition coefficient (Wildman–Crippen LogP) is -0.0959. The van der Waals surface area contributed by atoms with Gasteiger partial charge in [0.05, 0.1) is 6.42 Å². The second kappa shape index (κ2) is 3.30. The molecule has 0 saturated carbocycles. The number of hydrogen-bond acceptors (Lipinski definition) is 4. The molecule has 0 aromatic heterocycles. The molecule has 5 nitrogen and oxygen atoms in total. The molecule has 2 fully saturated rings. The zero-order chi connectivity index (χ0) is 12.0. The van der Waals surface area contributed by atoms with E-state index in [4.69, 9.17) is 4.74 Å². The number of nitrogens with one attached hydrogen (secondary N) is 1. The smallest absolute Gasteiger partial charge is 0.339 e. The van der Waals surface area contributed by atoms with E-state index in [1.807, 2.05) is 6.07 Å². The Morgan fingerprint density at radius 2 is 2.06 bits per heavy atom. The maximum atomic E-state index is 11.6. The minimum atomic E-state index is -1.28. The van der Waals surface area contributed by atoms with Crippen molar-refractivity contribution >= 4 is 11.9 Å².